The Hall–Kier alpha value is -2.95. The average molecular weight is 611 g/mol. The molecule has 0 radical (unpaired) electrons. The Morgan fingerprint density at radius 3 is 2.76 bits per heavy atom. The second-order valence-electron chi connectivity index (χ2n) is 10.5. The second-order valence-corrected chi connectivity index (χ2v) is 13.3. The minimum absolute atomic E-state index is 0.0675. The van der Waals surface area contributed by atoms with Gasteiger partial charge in [-0.25, -0.2) is 18.2 Å². The molecule has 2 unspecified atom stereocenters. The van der Waals surface area contributed by atoms with Gasteiger partial charge in [0.2, 0.25) is 0 Å². The summed E-state index contributed by atoms with van der Waals surface area (Å²) in [5.74, 6) is 0. The van der Waals surface area contributed by atoms with E-state index in [0.29, 0.717) is 26.7 Å². The molecule has 0 N–H and O–H groups in total. The zero-order valence-corrected chi connectivity index (χ0v) is 24.8. The highest BCUT2D eigenvalue weighted by molar-refractivity contribution is 7.89. The molecule has 15 heteroatoms. The Bertz CT molecular complexity index is 1370. The number of ether oxygens (including phenoxy) is 3. The molecule has 1 aromatic heterocycles. The van der Waals surface area contributed by atoms with E-state index < -0.39 is 43.3 Å². The van der Waals surface area contributed by atoms with E-state index in [1.54, 1.807) is 20.8 Å². The van der Waals surface area contributed by atoms with Crippen LogP contribution in [0.1, 0.15) is 61.7 Å². The SMILES string of the molecule is C=CCON(C1CN(C(=O)OC(C)(C)C)Cc2nc(COC3CCCCO3)sc21)S(=O)(=O)c1ccccc1[N+](=O)[O-]. The van der Waals surface area contributed by atoms with Crippen molar-refractivity contribution in [2.45, 2.75) is 76.0 Å². The summed E-state index contributed by atoms with van der Waals surface area (Å²) < 4.78 is 45.8. The van der Waals surface area contributed by atoms with Crippen LogP contribution >= 0.6 is 11.3 Å². The van der Waals surface area contributed by atoms with E-state index in [1.807, 2.05) is 0 Å². The average Bonchev–Trinajstić information content (AvgIpc) is 3.35. The van der Waals surface area contributed by atoms with Crippen LogP contribution in [0.2, 0.25) is 0 Å². The molecule has 0 spiro atoms. The molecule has 0 aliphatic carbocycles. The lowest BCUT2D eigenvalue weighted by Gasteiger charge is -2.37. The lowest BCUT2D eigenvalue weighted by molar-refractivity contribution is -0.388. The smallest absolute Gasteiger partial charge is 0.410 e. The van der Waals surface area contributed by atoms with Crippen molar-refractivity contribution >= 4 is 33.1 Å². The molecule has 2 atom stereocenters. The lowest BCUT2D eigenvalue weighted by Crippen LogP contribution is -2.47. The molecule has 0 saturated carbocycles. The van der Waals surface area contributed by atoms with Gasteiger partial charge >= 0.3 is 6.09 Å². The molecule has 1 saturated heterocycles. The van der Waals surface area contributed by atoms with Gasteiger partial charge < -0.3 is 19.1 Å². The van der Waals surface area contributed by atoms with E-state index in [9.17, 15) is 23.3 Å². The van der Waals surface area contributed by atoms with Crippen molar-refractivity contribution in [3.63, 3.8) is 0 Å². The summed E-state index contributed by atoms with van der Waals surface area (Å²) in [4.78, 5) is 35.8. The number of nitro benzene ring substituents is 1. The number of amides is 1. The quantitative estimate of drug-likeness (QED) is 0.210. The first kappa shape index (κ1) is 31.0. The summed E-state index contributed by atoms with van der Waals surface area (Å²) >= 11 is 1.23. The van der Waals surface area contributed by atoms with Crippen molar-refractivity contribution in [1.82, 2.24) is 14.4 Å². The van der Waals surface area contributed by atoms with Gasteiger partial charge in [0.05, 0.1) is 28.6 Å². The number of aromatic nitrogens is 1. The van der Waals surface area contributed by atoms with Crippen LogP contribution in [0.4, 0.5) is 10.5 Å². The molecular weight excluding hydrogens is 576 g/mol. The van der Waals surface area contributed by atoms with Crippen LogP contribution in [0.15, 0.2) is 41.8 Å². The maximum absolute atomic E-state index is 14.0. The Balaban J connectivity index is 1.74. The number of rotatable bonds is 10. The molecule has 1 amide bonds. The van der Waals surface area contributed by atoms with E-state index in [1.165, 1.54) is 34.4 Å². The van der Waals surface area contributed by atoms with Crippen LogP contribution in [0.5, 0.6) is 0 Å². The highest BCUT2D eigenvalue weighted by Gasteiger charge is 2.44. The molecule has 0 bridgehead atoms. The topological polar surface area (TPSA) is 151 Å². The highest BCUT2D eigenvalue weighted by atomic mass is 32.2. The Morgan fingerprint density at radius 2 is 2.10 bits per heavy atom. The van der Waals surface area contributed by atoms with Gasteiger partial charge in [-0.3, -0.25) is 15.0 Å². The van der Waals surface area contributed by atoms with Gasteiger partial charge in [-0.2, -0.15) is 0 Å². The number of carbonyl (C=O) groups is 1. The molecule has 4 rings (SSSR count). The fourth-order valence-electron chi connectivity index (χ4n) is 4.40. The maximum Gasteiger partial charge on any atom is 0.410 e. The van der Waals surface area contributed by atoms with Gasteiger partial charge in [0, 0.05) is 19.2 Å². The normalized spacial score (nSPS) is 19.6. The first-order chi connectivity index (χ1) is 19.4. The number of hydrogen-bond acceptors (Lipinski definition) is 11. The number of carbonyl (C=O) groups excluding carboxylic acids is 1. The van der Waals surface area contributed by atoms with E-state index in [0.717, 1.165) is 31.4 Å². The Labute approximate surface area is 242 Å². The van der Waals surface area contributed by atoms with E-state index >= 15 is 0 Å². The van der Waals surface area contributed by atoms with Crippen molar-refractivity contribution in [2.24, 2.45) is 0 Å². The number of nitro groups is 1. The van der Waals surface area contributed by atoms with Crippen LogP contribution in [-0.2, 0) is 42.2 Å². The number of sulfonamides is 1. The molecule has 2 aromatic rings. The van der Waals surface area contributed by atoms with Gasteiger partial charge in [-0.15, -0.1) is 17.9 Å². The lowest BCUT2D eigenvalue weighted by atomic mass is 10.1. The molecule has 1 aromatic carbocycles. The summed E-state index contributed by atoms with van der Waals surface area (Å²) in [6.45, 7) is 9.23. The zero-order chi connectivity index (χ0) is 29.8. The van der Waals surface area contributed by atoms with E-state index in [-0.39, 0.29) is 32.6 Å². The van der Waals surface area contributed by atoms with Crippen LogP contribution in [-0.4, -0.2) is 65.4 Å². The minimum atomic E-state index is -4.63. The zero-order valence-electron chi connectivity index (χ0n) is 23.2. The first-order valence-electron chi connectivity index (χ1n) is 13.1. The van der Waals surface area contributed by atoms with Crippen LogP contribution < -0.4 is 0 Å². The summed E-state index contributed by atoms with van der Waals surface area (Å²) in [7, 11) is -4.63. The van der Waals surface area contributed by atoms with Crippen molar-refractivity contribution < 1.29 is 37.2 Å². The number of benzene rings is 1. The Kier molecular flexibility index (Phi) is 9.77. The number of fused-ring (bicyclic) bond motifs is 1. The fourth-order valence-corrected chi connectivity index (χ4v) is 7.09. The van der Waals surface area contributed by atoms with Gasteiger partial charge in [0.1, 0.15) is 23.3 Å². The standard InChI is InChI=1S/C26H34N4O9S2/c1-5-13-38-30(41(34,35)21-11-7-6-10-19(21)29(32)33)20-16-28(25(31)39-26(2,3)4)15-18-24(20)40-22(27-18)17-37-23-12-8-9-14-36-23/h5-7,10-11,20,23H,1,8-9,12-17H2,2-4H3. The number of thiazole rings is 1. The molecule has 224 valence electrons. The largest absolute Gasteiger partial charge is 0.444 e. The number of hydrogen-bond donors (Lipinski definition) is 0. The third kappa shape index (κ3) is 7.47. The number of nitrogens with zero attached hydrogens (tertiary/aromatic N) is 4. The van der Waals surface area contributed by atoms with Gasteiger partial charge in [-0.1, -0.05) is 22.7 Å². The van der Waals surface area contributed by atoms with Crippen LogP contribution in [0, 0.1) is 10.1 Å². The molecule has 13 nitrogen and oxygen atoms in total. The maximum atomic E-state index is 14.0. The minimum Gasteiger partial charge on any atom is -0.444 e. The van der Waals surface area contributed by atoms with Crippen molar-refractivity contribution in [3.8, 4) is 0 Å². The molecule has 1 fully saturated rings. The second kappa shape index (κ2) is 12.9. The third-order valence-electron chi connectivity index (χ3n) is 6.14. The fraction of sp³-hybridized carbons (Fsp3) is 0.538. The summed E-state index contributed by atoms with van der Waals surface area (Å²) in [5.41, 5.74) is -0.959. The summed E-state index contributed by atoms with van der Waals surface area (Å²) in [5, 5.41) is 12.3. The highest BCUT2D eigenvalue weighted by Crippen LogP contribution is 2.40. The van der Waals surface area contributed by atoms with Crippen LogP contribution in [0.3, 0.4) is 0 Å². The van der Waals surface area contributed by atoms with Crippen LogP contribution in [0.25, 0.3) is 0 Å². The summed E-state index contributed by atoms with van der Waals surface area (Å²) in [6, 6.07) is 3.92. The molecule has 41 heavy (non-hydrogen) atoms. The van der Waals surface area contributed by atoms with Crippen molar-refractivity contribution in [2.75, 3.05) is 19.8 Å². The Morgan fingerprint density at radius 1 is 1.34 bits per heavy atom. The summed E-state index contributed by atoms with van der Waals surface area (Å²) in [6.07, 6.45) is 3.06. The van der Waals surface area contributed by atoms with Gasteiger partial charge in [0.25, 0.3) is 15.7 Å². The van der Waals surface area contributed by atoms with Gasteiger partial charge in [-0.05, 0) is 46.1 Å². The van der Waals surface area contributed by atoms with Crippen molar-refractivity contribution in [1.29, 1.82) is 0 Å². The molecule has 2 aliphatic rings. The molecule has 3 heterocycles. The van der Waals surface area contributed by atoms with Crippen molar-refractivity contribution in [3.05, 3.63) is 62.6 Å². The third-order valence-corrected chi connectivity index (χ3v) is 9.05. The predicted molar refractivity (Wildman–Crippen MR) is 148 cm³/mol. The first-order valence-corrected chi connectivity index (χ1v) is 15.4. The van der Waals surface area contributed by atoms with Gasteiger partial charge in [0.15, 0.2) is 11.2 Å². The van der Waals surface area contributed by atoms with E-state index in [2.05, 4.69) is 11.6 Å². The molecule has 2 aliphatic heterocycles. The number of para-hydroxylation sites is 1. The predicted octanol–water partition coefficient (Wildman–Crippen LogP) is 4.69. The number of hydroxylamine groups is 1. The van der Waals surface area contributed by atoms with E-state index in [4.69, 9.17) is 19.0 Å². The molecular formula is C26H34N4O9S2. The monoisotopic (exact) mass is 610 g/mol.